The molecule has 7 nitrogen and oxygen atoms in total. The topological polar surface area (TPSA) is 97.2 Å². The maximum absolute atomic E-state index is 12.0. The maximum atomic E-state index is 12.0. The number of hydrogen-bond acceptors (Lipinski definition) is 6. The molecule has 0 radical (unpaired) electrons. The van der Waals surface area contributed by atoms with Crippen molar-refractivity contribution in [3.05, 3.63) is 44.4 Å². The van der Waals surface area contributed by atoms with Crippen LogP contribution in [0.2, 0.25) is 5.02 Å². The lowest BCUT2D eigenvalue weighted by atomic mass is 10.1. The smallest absolute Gasteiger partial charge is 0.294 e. The zero-order chi connectivity index (χ0) is 14.7. The first-order chi connectivity index (χ1) is 9.52. The van der Waals surface area contributed by atoms with Crippen LogP contribution in [0.1, 0.15) is 10.4 Å². The van der Waals surface area contributed by atoms with E-state index in [-0.39, 0.29) is 22.0 Å². The molecule has 1 aromatic heterocycles. The van der Waals surface area contributed by atoms with Crippen molar-refractivity contribution in [1.29, 1.82) is 0 Å². The fourth-order valence-corrected chi connectivity index (χ4v) is 2.40. The van der Waals surface area contributed by atoms with Gasteiger partial charge in [-0.05, 0) is 6.07 Å². The van der Waals surface area contributed by atoms with Crippen molar-refractivity contribution in [1.82, 2.24) is 4.98 Å². The predicted octanol–water partition coefficient (Wildman–Crippen LogP) is 3.00. The van der Waals surface area contributed by atoms with E-state index in [1.807, 2.05) is 0 Å². The van der Waals surface area contributed by atoms with Gasteiger partial charge in [0.2, 0.25) is 0 Å². The Morgan fingerprint density at radius 2 is 2.25 bits per heavy atom. The van der Waals surface area contributed by atoms with E-state index in [9.17, 15) is 14.9 Å². The molecule has 104 valence electrons. The van der Waals surface area contributed by atoms with E-state index in [0.717, 1.165) is 0 Å². The van der Waals surface area contributed by atoms with Crippen molar-refractivity contribution in [3.8, 4) is 0 Å². The standard InChI is InChI=1S/C11H9ClN4O3S/c1-13-9-7(12)4-6(5-8(9)16(18)19)10(17)15-11-14-2-3-20-11/h2-5,13H,1H3,(H,14,15,17). The Labute approximate surface area is 122 Å². The number of thiazole rings is 1. The maximum Gasteiger partial charge on any atom is 0.294 e. The minimum atomic E-state index is -0.599. The number of nitro groups is 1. The number of nitrogens with zero attached hydrogens (tertiary/aromatic N) is 2. The highest BCUT2D eigenvalue weighted by molar-refractivity contribution is 7.13. The second kappa shape index (κ2) is 5.85. The van der Waals surface area contributed by atoms with E-state index < -0.39 is 10.8 Å². The minimum Gasteiger partial charge on any atom is -0.381 e. The van der Waals surface area contributed by atoms with Gasteiger partial charge in [0, 0.05) is 30.3 Å². The number of carbonyl (C=O) groups is 1. The fourth-order valence-electron chi connectivity index (χ4n) is 1.57. The van der Waals surface area contributed by atoms with Crippen LogP contribution in [0.15, 0.2) is 23.7 Å². The average Bonchev–Trinajstić information content (AvgIpc) is 2.90. The van der Waals surface area contributed by atoms with Gasteiger partial charge in [0.25, 0.3) is 11.6 Å². The van der Waals surface area contributed by atoms with Gasteiger partial charge < -0.3 is 5.32 Å². The molecule has 2 rings (SSSR count). The molecule has 20 heavy (non-hydrogen) atoms. The Kier molecular flexibility index (Phi) is 4.16. The van der Waals surface area contributed by atoms with Crippen molar-refractivity contribution in [3.63, 3.8) is 0 Å². The number of halogens is 1. The van der Waals surface area contributed by atoms with E-state index in [4.69, 9.17) is 11.6 Å². The van der Waals surface area contributed by atoms with Crippen molar-refractivity contribution < 1.29 is 9.72 Å². The van der Waals surface area contributed by atoms with Crippen LogP contribution < -0.4 is 10.6 Å². The van der Waals surface area contributed by atoms with Crippen molar-refractivity contribution >= 4 is 45.4 Å². The minimum absolute atomic E-state index is 0.0934. The Morgan fingerprint density at radius 1 is 1.50 bits per heavy atom. The third-order valence-corrected chi connectivity index (χ3v) is 3.42. The number of nitro benzene ring substituents is 1. The Hall–Kier alpha value is -2.19. The summed E-state index contributed by atoms with van der Waals surface area (Å²) in [4.78, 5) is 26.3. The Balaban J connectivity index is 2.37. The normalized spacial score (nSPS) is 10.1. The van der Waals surface area contributed by atoms with Gasteiger partial charge in [0.1, 0.15) is 5.69 Å². The molecule has 1 amide bonds. The molecule has 9 heteroatoms. The van der Waals surface area contributed by atoms with Gasteiger partial charge in [-0.15, -0.1) is 11.3 Å². The quantitative estimate of drug-likeness (QED) is 0.668. The van der Waals surface area contributed by atoms with E-state index in [0.29, 0.717) is 5.13 Å². The number of rotatable bonds is 4. The Morgan fingerprint density at radius 3 is 2.80 bits per heavy atom. The zero-order valence-electron chi connectivity index (χ0n) is 10.2. The van der Waals surface area contributed by atoms with Crippen LogP contribution in [0.25, 0.3) is 0 Å². The van der Waals surface area contributed by atoms with E-state index in [1.54, 1.807) is 11.6 Å². The number of hydrogen-bond donors (Lipinski definition) is 2. The van der Waals surface area contributed by atoms with Gasteiger partial charge in [-0.25, -0.2) is 4.98 Å². The fraction of sp³-hybridized carbons (Fsp3) is 0.0909. The van der Waals surface area contributed by atoms with Crippen LogP contribution in [0.5, 0.6) is 0 Å². The molecule has 0 bridgehead atoms. The summed E-state index contributed by atoms with van der Waals surface area (Å²) in [5.74, 6) is -0.507. The van der Waals surface area contributed by atoms with Crippen LogP contribution in [-0.2, 0) is 0 Å². The summed E-state index contributed by atoms with van der Waals surface area (Å²) in [6, 6.07) is 2.53. The average molecular weight is 313 g/mol. The first-order valence-corrected chi connectivity index (χ1v) is 6.65. The molecule has 1 aromatic carbocycles. The SMILES string of the molecule is CNc1c(Cl)cc(C(=O)Nc2nccs2)cc1[N+](=O)[O-]. The summed E-state index contributed by atoms with van der Waals surface area (Å²) < 4.78 is 0. The highest BCUT2D eigenvalue weighted by Crippen LogP contribution is 2.33. The highest BCUT2D eigenvalue weighted by Gasteiger charge is 2.21. The van der Waals surface area contributed by atoms with E-state index in [2.05, 4.69) is 15.6 Å². The summed E-state index contributed by atoms with van der Waals surface area (Å²) in [6.45, 7) is 0. The number of benzene rings is 1. The van der Waals surface area contributed by atoms with Crippen molar-refractivity contribution in [2.75, 3.05) is 17.7 Å². The van der Waals surface area contributed by atoms with Crippen LogP contribution in [0.3, 0.4) is 0 Å². The predicted molar refractivity (Wildman–Crippen MR) is 77.7 cm³/mol. The molecule has 0 aliphatic heterocycles. The number of anilines is 2. The van der Waals surface area contributed by atoms with Crippen molar-refractivity contribution in [2.24, 2.45) is 0 Å². The number of amides is 1. The lowest BCUT2D eigenvalue weighted by Gasteiger charge is -2.07. The summed E-state index contributed by atoms with van der Waals surface area (Å²) in [5.41, 5.74) is 0.00246. The molecule has 0 aliphatic rings. The van der Waals surface area contributed by atoms with Gasteiger partial charge in [-0.1, -0.05) is 11.6 Å². The van der Waals surface area contributed by atoms with Crippen LogP contribution >= 0.6 is 22.9 Å². The van der Waals surface area contributed by atoms with Gasteiger partial charge in [0.15, 0.2) is 5.13 Å². The van der Waals surface area contributed by atoms with Gasteiger partial charge >= 0.3 is 0 Å². The molecular weight excluding hydrogens is 304 g/mol. The second-order valence-corrected chi connectivity index (χ2v) is 4.95. The molecule has 0 fully saturated rings. The summed E-state index contributed by atoms with van der Waals surface area (Å²) in [5, 5.41) is 18.4. The molecule has 0 saturated carbocycles. The summed E-state index contributed by atoms with van der Waals surface area (Å²) in [7, 11) is 1.52. The molecule has 0 spiro atoms. The molecule has 0 aliphatic carbocycles. The third-order valence-electron chi connectivity index (χ3n) is 2.43. The first kappa shape index (κ1) is 14.2. The monoisotopic (exact) mass is 312 g/mol. The van der Waals surface area contributed by atoms with E-state index >= 15 is 0 Å². The van der Waals surface area contributed by atoms with Crippen LogP contribution in [0, 0.1) is 10.1 Å². The zero-order valence-corrected chi connectivity index (χ0v) is 11.8. The van der Waals surface area contributed by atoms with Gasteiger partial charge in [-0.2, -0.15) is 0 Å². The lowest BCUT2D eigenvalue weighted by molar-refractivity contribution is -0.383. The lowest BCUT2D eigenvalue weighted by Crippen LogP contribution is -2.12. The number of aromatic nitrogens is 1. The van der Waals surface area contributed by atoms with Gasteiger partial charge in [-0.3, -0.25) is 20.2 Å². The first-order valence-electron chi connectivity index (χ1n) is 5.39. The van der Waals surface area contributed by atoms with Crippen LogP contribution in [-0.4, -0.2) is 22.9 Å². The summed E-state index contributed by atoms with van der Waals surface area (Å²) in [6.07, 6.45) is 1.54. The number of nitrogens with one attached hydrogen (secondary N) is 2. The molecular formula is C11H9ClN4O3S. The van der Waals surface area contributed by atoms with Crippen LogP contribution in [0.4, 0.5) is 16.5 Å². The summed E-state index contributed by atoms with van der Waals surface area (Å²) >= 11 is 7.19. The van der Waals surface area contributed by atoms with Crippen molar-refractivity contribution in [2.45, 2.75) is 0 Å². The molecule has 0 atom stereocenters. The molecule has 0 unspecified atom stereocenters. The molecule has 2 N–H and O–H groups in total. The second-order valence-electron chi connectivity index (χ2n) is 3.65. The Bertz CT molecular complexity index is 660. The number of carbonyl (C=O) groups excluding carboxylic acids is 1. The van der Waals surface area contributed by atoms with Gasteiger partial charge in [0.05, 0.1) is 9.95 Å². The molecule has 1 heterocycles. The largest absolute Gasteiger partial charge is 0.381 e. The molecule has 0 saturated heterocycles. The van der Waals surface area contributed by atoms with E-state index in [1.165, 1.54) is 30.5 Å². The molecule has 2 aromatic rings. The third kappa shape index (κ3) is 2.86. The highest BCUT2D eigenvalue weighted by atomic mass is 35.5.